The summed E-state index contributed by atoms with van der Waals surface area (Å²) in [7, 11) is 1.64. The van der Waals surface area contributed by atoms with Crippen LogP contribution in [0.4, 0.5) is 0 Å². The second-order valence-electron chi connectivity index (χ2n) is 3.74. The van der Waals surface area contributed by atoms with Gasteiger partial charge in [0.15, 0.2) is 0 Å². The first kappa shape index (κ1) is 13.9. The number of nitrogens with zero attached hydrogens (tertiary/aromatic N) is 1. The van der Waals surface area contributed by atoms with Crippen LogP contribution in [0.5, 0.6) is 0 Å². The van der Waals surface area contributed by atoms with Crippen molar-refractivity contribution in [1.29, 1.82) is 0 Å². The summed E-state index contributed by atoms with van der Waals surface area (Å²) in [4.78, 5) is 24.2. The maximum Gasteiger partial charge on any atom is 0.311 e. The minimum atomic E-state index is -0.578. The zero-order valence-electron chi connectivity index (χ0n) is 9.75. The van der Waals surface area contributed by atoms with Crippen molar-refractivity contribution in [3.05, 3.63) is 0 Å². The highest BCUT2D eigenvalue weighted by atomic mass is 16.2. The van der Waals surface area contributed by atoms with Gasteiger partial charge in [-0.2, -0.15) is 0 Å². The molecule has 2 amide bonds. The lowest BCUT2D eigenvalue weighted by atomic mass is 10.1. The number of likely N-dealkylation sites (N-methyl/N-ethyl adjacent to an activating group) is 1. The number of nitrogens with two attached hydrogens (primary N) is 1. The van der Waals surface area contributed by atoms with Gasteiger partial charge in [0.1, 0.15) is 0 Å². The van der Waals surface area contributed by atoms with E-state index in [-0.39, 0.29) is 0 Å². The first-order valence-electron chi connectivity index (χ1n) is 5.26. The Morgan fingerprint density at radius 3 is 2.53 bits per heavy atom. The number of carbonyl (C=O) groups is 2. The van der Waals surface area contributed by atoms with E-state index in [1.165, 1.54) is 4.90 Å². The van der Waals surface area contributed by atoms with Crippen LogP contribution in [-0.2, 0) is 9.59 Å². The normalized spacial score (nSPS) is 12.0. The molecule has 1 unspecified atom stereocenters. The molecule has 3 N–H and O–H groups in total. The smallest absolute Gasteiger partial charge is 0.311 e. The van der Waals surface area contributed by atoms with Crippen molar-refractivity contribution in [2.45, 2.75) is 20.3 Å². The largest absolute Gasteiger partial charge is 0.347 e. The average molecular weight is 215 g/mol. The topological polar surface area (TPSA) is 75.4 Å². The summed E-state index contributed by atoms with van der Waals surface area (Å²) in [5.41, 5.74) is 5.22. The molecule has 0 saturated carbocycles. The van der Waals surface area contributed by atoms with Crippen molar-refractivity contribution in [3.8, 4) is 0 Å². The average Bonchev–Trinajstić information content (AvgIpc) is 2.24. The summed E-state index contributed by atoms with van der Waals surface area (Å²) in [5.74, 6) is -0.670. The number of carbonyl (C=O) groups excluding carboxylic acids is 2. The van der Waals surface area contributed by atoms with E-state index in [0.29, 0.717) is 25.6 Å². The van der Waals surface area contributed by atoms with Crippen LogP contribution in [0.2, 0.25) is 0 Å². The van der Waals surface area contributed by atoms with Crippen LogP contribution in [0.25, 0.3) is 0 Å². The van der Waals surface area contributed by atoms with Crippen molar-refractivity contribution < 1.29 is 9.59 Å². The van der Waals surface area contributed by atoms with Crippen LogP contribution in [-0.4, -0.2) is 43.4 Å². The lowest BCUT2D eigenvalue weighted by Crippen LogP contribution is -2.43. The minimum absolute atomic E-state index is 0.335. The van der Waals surface area contributed by atoms with Crippen LogP contribution < -0.4 is 11.1 Å². The maximum absolute atomic E-state index is 11.5. The van der Waals surface area contributed by atoms with E-state index in [4.69, 9.17) is 5.73 Å². The molecule has 0 bridgehead atoms. The fraction of sp³-hybridized carbons (Fsp3) is 0.800. The van der Waals surface area contributed by atoms with Crippen LogP contribution in [0.15, 0.2) is 0 Å². The fourth-order valence-corrected chi connectivity index (χ4v) is 1.11. The molecular formula is C10H21N3O2. The molecule has 0 aliphatic heterocycles. The molecule has 5 heteroatoms. The van der Waals surface area contributed by atoms with Crippen molar-refractivity contribution in [2.75, 3.05) is 26.7 Å². The van der Waals surface area contributed by atoms with Gasteiger partial charge in [0.05, 0.1) is 0 Å². The number of rotatable bonds is 5. The quantitative estimate of drug-likeness (QED) is 0.611. The molecule has 0 saturated heterocycles. The Labute approximate surface area is 91.0 Å². The summed E-state index contributed by atoms with van der Waals surface area (Å²) in [6.45, 7) is 5.38. The Bertz CT molecular complexity index is 219. The summed E-state index contributed by atoms with van der Waals surface area (Å²) in [6, 6.07) is 0. The summed E-state index contributed by atoms with van der Waals surface area (Å²) in [6.07, 6.45) is 0.988. The maximum atomic E-state index is 11.5. The highest BCUT2D eigenvalue weighted by molar-refractivity contribution is 6.34. The molecule has 0 aromatic heterocycles. The monoisotopic (exact) mass is 215 g/mol. The highest BCUT2D eigenvalue weighted by Gasteiger charge is 2.18. The third-order valence-corrected chi connectivity index (χ3v) is 2.25. The number of hydrogen-bond donors (Lipinski definition) is 2. The van der Waals surface area contributed by atoms with Crippen molar-refractivity contribution >= 4 is 11.8 Å². The molecule has 15 heavy (non-hydrogen) atoms. The second-order valence-corrected chi connectivity index (χ2v) is 3.74. The summed E-state index contributed by atoms with van der Waals surface area (Å²) < 4.78 is 0. The molecule has 0 radical (unpaired) electrons. The zero-order chi connectivity index (χ0) is 11.8. The molecule has 0 aromatic rings. The summed E-state index contributed by atoms with van der Waals surface area (Å²) >= 11 is 0. The Morgan fingerprint density at radius 1 is 1.47 bits per heavy atom. The fourth-order valence-electron chi connectivity index (χ4n) is 1.11. The van der Waals surface area contributed by atoms with E-state index < -0.39 is 11.8 Å². The van der Waals surface area contributed by atoms with E-state index in [1.54, 1.807) is 7.05 Å². The van der Waals surface area contributed by atoms with Gasteiger partial charge < -0.3 is 16.0 Å². The third kappa shape index (κ3) is 5.37. The number of hydrogen-bond acceptors (Lipinski definition) is 3. The SMILES string of the molecule is CCC(C)CN(C)C(=O)C(=O)NCCN. The molecule has 0 fully saturated rings. The lowest BCUT2D eigenvalue weighted by Gasteiger charge is -2.19. The van der Waals surface area contributed by atoms with E-state index in [0.717, 1.165) is 6.42 Å². The van der Waals surface area contributed by atoms with Crippen LogP contribution in [0.1, 0.15) is 20.3 Å². The van der Waals surface area contributed by atoms with Gasteiger partial charge in [0.25, 0.3) is 0 Å². The first-order chi connectivity index (χ1) is 7.02. The van der Waals surface area contributed by atoms with Crippen molar-refractivity contribution in [2.24, 2.45) is 11.7 Å². The standard InChI is InChI=1S/C10H21N3O2/c1-4-8(2)7-13(3)10(15)9(14)12-6-5-11/h8H,4-7,11H2,1-3H3,(H,12,14). The van der Waals surface area contributed by atoms with Crippen LogP contribution >= 0.6 is 0 Å². The van der Waals surface area contributed by atoms with Crippen molar-refractivity contribution in [3.63, 3.8) is 0 Å². The summed E-state index contributed by atoms with van der Waals surface area (Å²) in [5, 5.41) is 2.45. The molecular weight excluding hydrogens is 194 g/mol. The molecule has 5 nitrogen and oxygen atoms in total. The van der Waals surface area contributed by atoms with E-state index in [2.05, 4.69) is 12.2 Å². The number of amides is 2. The lowest BCUT2D eigenvalue weighted by molar-refractivity contribution is -0.145. The molecule has 0 aromatic carbocycles. The minimum Gasteiger partial charge on any atom is -0.347 e. The molecule has 0 heterocycles. The predicted octanol–water partition coefficient (Wildman–Crippen LogP) is -0.434. The third-order valence-electron chi connectivity index (χ3n) is 2.25. The molecule has 0 aliphatic rings. The van der Waals surface area contributed by atoms with E-state index >= 15 is 0 Å². The van der Waals surface area contributed by atoms with Gasteiger partial charge in [0, 0.05) is 26.7 Å². The van der Waals surface area contributed by atoms with E-state index in [9.17, 15) is 9.59 Å². The van der Waals surface area contributed by atoms with Crippen molar-refractivity contribution in [1.82, 2.24) is 10.2 Å². The van der Waals surface area contributed by atoms with Gasteiger partial charge >= 0.3 is 11.8 Å². The Kier molecular flexibility index (Phi) is 6.70. The van der Waals surface area contributed by atoms with E-state index in [1.807, 2.05) is 6.92 Å². The van der Waals surface area contributed by atoms with Crippen LogP contribution in [0.3, 0.4) is 0 Å². The molecule has 88 valence electrons. The van der Waals surface area contributed by atoms with Gasteiger partial charge in [-0.15, -0.1) is 0 Å². The molecule has 1 atom stereocenters. The molecule has 0 spiro atoms. The Morgan fingerprint density at radius 2 is 2.07 bits per heavy atom. The predicted molar refractivity (Wildman–Crippen MR) is 59.2 cm³/mol. The first-order valence-corrected chi connectivity index (χ1v) is 5.26. The zero-order valence-corrected chi connectivity index (χ0v) is 9.75. The highest BCUT2D eigenvalue weighted by Crippen LogP contribution is 2.02. The van der Waals surface area contributed by atoms with Gasteiger partial charge in [-0.05, 0) is 5.92 Å². The Balaban J connectivity index is 4.02. The van der Waals surface area contributed by atoms with Gasteiger partial charge in [-0.25, -0.2) is 0 Å². The molecule has 0 aliphatic carbocycles. The van der Waals surface area contributed by atoms with Gasteiger partial charge in [-0.3, -0.25) is 9.59 Å². The van der Waals surface area contributed by atoms with Gasteiger partial charge in [-0.1, -0.05) is 20.3 Å². The Hall–Kier alpha value is -1.10. The molecule has 0 rings (SSSR count). The second kappa shape index (κ2) is 7.23. The van der Waals surface area contributed by atoms with Gasteiger partial charge in [0.2, 0.25) is 0 Å². The number of nitrogens with one attached hydrogen (secondary N) is 1. The van der Waals surface area contributed by atoms with Crippen LogP contribution in [0, 0.1) is 5.92 Å².